The van der Waals surface area contributed by atoms with Gasteiger partial charge in [-0.25, -0.2) is 4.39 Å². The maximum absolute atomic E-state index is 12.9. The van der Waals surface area contributed by atoms with Gasteiger partial charge in [0.1, 0.15) is 5.82 Å². The largest absolute Gasteiger partial charge is 0.396 e. The van der Waals surface area contributed by atoms with Crippen molar-refractivity contribution in [3.8, 4) is 0 Å². The van der Waals surface area contributed by atoms with Crippen molar-refractivity contribution in [1.29, 1.82) is 0 Å². The molecule has 0 aromatic heterocycles. The molecule has 76 valence electrons. The van der Waals surface area contributed by atoms with Crippen molar-refractivity contribution in [3.63, 3.8) is 0 Å². The third-order valence-corrected chi connectivity index (χ3v) is 2.96. The quantitative estimate of drug-likeness (QED) is 0.672. The van der Waals surface area contributed by atoms with Gasteiger partial charge in [0.25, 0.3) is 0 Å². The first-order chi connectivity index (χ1) is 6.66. The van der Waals surface area contributed by atoms with Crippen LogP contribution in [-0.2, 0) is 0 Å². The van der Waals surface area contributed by atoms with Crippen LogP contribution in [0, 0.1) is 5.82 Å². The highest BCUT2D eigenvalue weighted by Gasteiger charge is 2.23. The summed E-state index contributed by atoms with van der Waals surface area (Å²) in [5, 5.41) is 0. The summed E-state index contributed by atoms with van der Waals surface area (Å²) in [7, 11) is 0. The maximum atomic E-state index is 12.9. The monoisotopic (exact) mass is 194 g/mol. The van der Waals surface area contributed by atoms with Gasteiger partial charge in [-0.05, 0) is 42.9 Å². The van der Waals surface area contributed by atoms with Crippen molar-refractivity contribution >= 4 is 5.69 Å². The zero-order valence-corrected chi connectivity index (χ0v) is 8.04. The van der Waals surface area contributed by atoms with Crippen molar-refractivity contribution in [2.75, 3.05) is 5.73 Å². The second-order valence-corrected chi connectivity index (χ2v) is 4.05. The van der Waals surface area contributed by atoms with E-state index in [0.29, 0.717) is 12.0 Å². The lowest BCUT2D eigenvalue weighted by Gasteiger charge is -2.10. The van der Waals surface area contributed by atoms with Crippen molar-refractivity contribution in [3.05, 3.63) is 29.6 Å². The molecule has 0 bridgehead atoms. The summed E-state index contributed by atoms with van der Waals surface area (Å²) in [6, 6.07) is 5.28. The Morgan fingerprint density at radius 2 is 2.07 bits per heavy atom. The molecule has 0 spiro atoms. The number of hydrogen-bond acceptors (Lipinski definition) is 2. The van der Waals surface area contributed by atoms with Crippen LogP contribution < -0.4 is 11.5 Å². The zero-order valence-electron chi connectivity index (χ0n) is 8.04. The minimum Gasteiger partial charge on any atom is -0.396 e. The minimum atomic E-state index is -0.337. The SMILES string of the molecule is Nc1cc(C2CCC(N)C2)ccc1F. The van der Waals surface area contributed by atoms with Gasteiger partial charge in [-0.2, -0.15) is 0 Å². The van der Waals surface area contributed by atoms with Gasteiger partial charge in [0.15, 0.2) is 0 Å². The molecule has 14 heavy (non-hydrogen) atoms. The fourth-order valence-electron chi connectivity index (χ4n) is 2.14. The molecule has 1 aliphatic rings. The van der Waals surface area contributed by atoms with Gasteiger partial charge >= 0.3 is 0 Å². The first-order valence-electron chi connectivity index (χ1n) is 4.97. The molecule has 2 atom stereocenters. The van der Waals surface area contributed by atoms with Gasteiger partial charge < -0.3 is 11.5 Å². The summed E-state index contributed by atoms with van der Waals surface area (Å²) in [5.74, 6) is 0.129. The molecule has 1 aromatic carbocycles. The lowest BCUT2D eigenvalue weighted by atomic mass is 9.97. The van der Waals surface area contributed by atoms with E-state index in [1.54, 1.807) is 6.07 Å². The van der Waals surface area contributed by atoms with Crippen LogP contribution in [0.25, 0.3) is 0 Å². The van der Waals surface area contributed by atoms with E-state index in [9.17, 15) is 4.39 Å². The lowest BCUT2D eigenvalue weighted by Crippen LogP contribution is -2.14. The van der Waals surface area contributed by atoms with E-state index in [2.05, 4.69) is 0 Å². The number of nitrogens with two attached hydrogens (primary N) is 2. The molecule has 0 radical (unpaired) electrons. The van der Waals surface area contributed by atoms with Crippen molar-refractivity contribution in [2.24, 2.45) is 5.73 Å². The van der Waals surface area contributed by atoms with Crippen LogP contribution in [0.1, 0.15) is 30.7 Å². The number of hydrogen-bond donors (Lipinski definition) is 2. The number of nitrogen functional groups attached to an aromatic ring is 1. The molecule has 2 rings (SSSR count). The number of benzene rings is 1. The first kappa shape index (κ1) is 9.46. The van der Waals surface area contributed by atoms with E-state index >= 15 is 0 Å². The molecule has 0 amide bonds. The minimum absolute atomic E-state index is 0.239. The molecule has 2 unspecified atom stereocenters. The number of rotatable bonds is 1. The van der Waals surface area contributed by atoms with Gasteiger partial charge in [-0.3, -0.25) is 0 Å². The van der Waals surface area contributed by atoms with Crippen LogP contribution in [-0.4, -0.2) is 6.04 Å². The number of halogens is 1. The predicted octanol–water partition coefficient (Wildman–Crippen LogP) is 2.00. The van der Waals surface area contributed by atoms with Crippen molar-refractivity contribution in [1.82, 2.24) is 0 Å². The third-order valence-electron chi connectivity index (χ3n) is 2.96. The Balaban J connectivity index is 2.20. The van der Waals surface area contributed by atoms with Crippen molar-refractivity contribution in [2.45, 2.75) is 31.2 Å². The predicted molar refractivity (Wildman–Crippen MR) is 55.4 cm³/mol. The Labute approximate surface area is 83.1 Å². The zero-order chi connectivity index (χ0) is 10.1. The average molecular weight is 194 g/mol. The van der Waals surface area contributed by atoms with Gasteiger partial charge in [0, 0.05) is 6.04 Å². The summed E-state index contributed by atoms with van der Waals surface area (Å²) in [6.07, 6.45) is 3.14. The summed E-state index contributed by atoms with van der Waals surface area (Å²) in [4.78, 5) is 0. The Kier molecular flexibility index (Phi) is 2.42. The molecular formula is C11H15FN2. The fraction of sp³-hybridized carbons (Fsp3) is 0.455. The maximum Gasteiger partial charge on any atom is 0.146 e. The van der Waals surface area contributed by atoms with Gasteiger partial charge in [-0.15, -0.1) is 0 Å². The Morgan fingerprint density at radius 1 is 1.29 bits per heavy atom. The van der Waals surface area contributed by atoms with E-state index in [1.807, 2.05) is 6.07 Å². The lowest BCUT2D eigenvalue weighted by molar-refractivity contribution is 0.628. The molecule has 4 N–H and O–H groups in total. The van der Waals surface area contributed by atoms with E-state index in [-0.39, 0.29) is 11.5 Å². The van der Waals surface area contributed by atoms with Crippen LogP contribution in [0.3, 0.4) is 0 Å². The highest BCUT2D eigenvalue weighted by molar-refractivity contribution is 5.43. The Bertz CT molecular complexity index is 338. The van der Waals surface area contributed by atoms with Crippen LogP contribution in [0.4, 0.5) is 10.1 Å². The summed E-state index contributed by atoms with van der Waals surface area (Å²) in [6.45, 7) is 0. The molecule has 2 nitrogen and oxygen atoms in total. The highest BCUT2D eigenvalue weighted by atomic mass is 19.1. The second-order valence-electron chi connectivity index (χ2n) is 4.05. The molecule has 1 saturated carbocycles. The van der Waals surface area contributed by atoms with Crippen molar-refractivity contribution < 1.29 is 4.39 Å². The Hall–Kier alpha value is -1.09. The molecule has 3 heteroatoms. The molecular weight excluding hydrogens is 179 g/mol. The molecule has 0 heterocycles. The Morgan fingerprint density at radius 3 is 2.64 bits per heavy atom. The normalized spacial score (nSPS) is 26.7. The van der Waals surface area contributed by atoms with E-state index < -0.39 is 0 Å². The standard InChI is InChI=1S/C11H15FN2/c12-10-4-2-8(6-11(10)14)7-1-3-9(13)5-7/h2,4,6-7,9H,1,3,5,13-14H2. The van der Waals surface area contributed by atoms with E-state index in [4.69, 9.17) is 11.5 Å². The van der Waals surface area contributed by atoms with Crippen LogP contribution in [0.15, 0.2) is 18.2 Å². The number of anilines is 1. The fourth-order valence-corrected chi connectivity index (χ4v) is 2.14. The molecule has 0 saturated heterocycles. The van der Waals surface area contributed by atoms with E-state index in [0.717, 1.165) is 24.8 Å². The van der Waals surface area contributed by atoms with Crippen LogP contribution in [0.5, 0.6) is 0 Å². The topological polar surface area (TPSA) is 52.0 Å². The molecule has 1 aromatic rings. The smallest absolute Gasteiger partial charge is 0.146 e. The molecule has 1 fully saturated rings. The molecule has 1 aliphatic carbocycles. The van der Waals surface area contributed by atoms with Gasteiger partial charge in [0.05, 0.1) is 5.69 Å². The van der Waals surface area contributed by atoms with Gasteiger partial charge in [-0.1, -0.05) is 6.07 Å². The third kappa shape index (κ3) is 1.73. The van der Waals surface area contributed by atoms with Crippen LogP contribution >= 0.6 is 0 Å². The van der Waals surface area contributed by atoms with Gasteiger partial charge in [0.2, 0.25) is 0 Å². The summed E-state index contributed by atoms with van der Waals surface area (Å²) >= 11 is 0. The average Bonchev–Trinajstić information content (AvgIpc) is 2.57. The molecule has 0 aliphatic heterocycles. The second kappa shape index (κ2) is 3.58. The highest BCUT2D eigenvalue weighted by Crippen LogP contribution is 2.34. The van der Waals surface area contributed by atoms with Crippen LogP contribution in [0.2, 0.25) is 0 Å². The summed E-state index contributed by atoms with van der Waals surface area (Å²) in [5.41, 5.74) is 12.7. The first-order valence-corrected chi connectivity index (χ1v) is 4.97. The van der Waals surface area contributed by atoms with E-state index in [1.165, 1.54) is 6.07 Å². The summed E-state index contributed by atoms with van der Waals surface area (Å²) < 4.78 is 12.9.